The number of aryl methyl sites for hydroxylation is 2. The van der Waals surface area contributed by atoms with Crippen molar-refractivity contribution < 1.29 is 14.3 Å². The normalized spacial score (nSPS) is 12.0. The van der Waals surface area contributed by atoms with Crippen molar-refractivity contribution in [3.8, 4) is 11.5 Å². The van der Waals surface area contributed by atoms with E-state index in [1.807, 2.05) is 62.0 Å². The van der Waals surface area contributed by atoms with Gasteiger partial charge in [-0.25, -0.2) is 0 Å². The van der Waals surface area contributed by atoms with E-state index >= 15 is 0 Å². The van der Waals surface area contributed by atoms with E-state index in [0.717, 1.165) is 27.0 Å². The Morgan fingerprint density at radius 3 is 2.68 bits per heavy atom. The van der Waals surface area contributed by atoms with Crippen LogP contribution in [0, 0.1) is 6.92 Å². The second-order valence-corrected chi connectivity index (χ2v) is 8.32. The fourth-order valence-electron chi connectivity index (χ4n) is 3.38. The molecular weight excluding hydrogens is 412 g/mol. The van der Waals surface area contributed by atoms with Crippen LogP contribution in [0.3, 0.4) is 0 Å². The van der Waals surface area contributed by atoms with Gasteiger partial charge in [-0.15, -0.1) is 11.3 Å². The van der Waals surface area contributed by atoms with Crippen LogP contribution < -0.4 is 14.8 Å². The van der Waals surface area contributed by atoms with Crippen LogP contribution >= 0.6 is 11.3 Å². The van der Waals surface area contributed by atoms with Gasteiger partial charge in [0, 0.05) is 24.8 Å². The molecule has 1 aromatic carbocycles. The molecule has 160 valence electrons. The van der Waals surface area contributed by atoms with Crippen LogP contribution in [0.4, 0.5) is 0 Å². The molecule has 4 rings (SSSR count). The molecule has 1 atom stereocenters. The standard InChI is InChI=1S/C23H24N4O3S/c1-14(25-22(28)21-12-18-15(2)26-27(3)23(18)31-21)17-5-6-19(20(11-17)29-4)30-13-16-7-9-24-10-8-16/h5-12,14H,13H2,1-4H3,(H,25,28). The van der Waals surface area contributed by atoms with Gasteiger partial charge in [0.1, 0.15) is 11.4 Å². The number of benzene rings is 1. The summed E-state index contributed by atoms with van der Waals surface area (Å²) in [6, 6.07) is 11.2. The highest BCUT2D eigenvalue weighted by molar-refractivity contribution is 7.20. The number of nitrogens with zero attached hydrogens (tertiary/aromatic N) is 3. The lowest BCUT2D eigenvalue weighted by Gasteiger charge is -2.17. The van der Waals surface area contributed by atoms with Crippen LogP contribution in [0.1, 0.15) is 39.5 Å². The molecule has 0 fully saturated rings. The van der Waals surface area contributed by atoms with Gasteiger partial charge in [-0.05, 0) is 55.3 Å². The third kappa shape index (κ3) is 4.39. The summed E-state index contributed by atoms with van der Waals surface area (Å²) in [4.78, 5) is 18.5. The fourth-order valence-corrected chi connectivity index (χ4v) is 4.41. The average Bonchev–Trinajstić information content (AvgIpc) is 3.34. The molecule has 0 bridgehead atoms. The van der Waals surface area contributed by atoms with Crippen molar-refractivity contribution in [1.29, 1.82) is 0 Å². The summed E-state index contributed by atoms with van der Waals surface area (Å²) in [7, 11) is 3.50. The van der Waals surface area contributed by atoms with E-state index in [1.54, 1.807) is 19.5 Å². The third-order valence-corrected chi connectivity index (χ3v) is 6.30. The van der Waals surface area contributed by atoms with Crippen molar-refractivity contribution in [1.82, 2.24) is 20.1 Å². The quantitative estimate of drug-likeness (QED) is 0.464. The molecule has 1 N–H and O–H groups in total. The number of pyridine rings is 1. The monoisotopic (exact) mass is 436 g/mol. The van der Waals surface area contributed by atoms with E-state index in [-0.39, 0.29) is 11.9 Å². The largest absolute Gasteiger partial charge is 0.493 e. The number of amides is 1. The Morgan fingerprint density at radius 1 is 1.19 bits per heavy atom. The van der Waals surface area contributed by atoms with Gasteiger partial charge in [0.05, 0.1) is 23.7 Å². The summed E-state index contributed by atoms with van der Waals surface area (Å²) in [5.74, 6) is 1.16. The molecule has 0 aliphatic carbocycles. The summed E-state index contributed by atoms with van der Waals surface area (Å²) in [5.41, 5.74) is 2.88. The molecule has 0 spiro atoms. The van der Waals surface area contributed by atoms with Gasteiger partial charge in [0.15, 0.2) is 11.5 Å². The van der Waals surface area contributed by atoms with E-state index in [9.17, 15) is 4.79 Å². The number of carbonyl (C=O) groups is 1. The predicted molar refractivity (Wildman–Crippen MR) is 121 cm³/mol. The lowest BCUT2D eigenvalue weighted by molar-refractivity contribution is 0.0944. The minimum absolute atomic E-state index is 0.106. The van der Waals surface area contributed by atoms with Gasteiger partial charge in [0.2, 0.25) is 0 Å². The van der Waals surface area contributed by atoms with Crippen molar-refractivity contribution >= 4 is 27.5 Å². The van der Waals surface area contributed by atoms with Crippen LogP contribution in [0.15, 0.2) is 48.8 Å². The number of aromatic nitrogens is 3. The van der Waals surface area contributed by atoms with Crippen LogP contribution in [0.5, 0.6) is 11.5 Å². The second-order valence-electron chi connectivity index (χ2n) is 7.29. The zero-order chi connectivity index (χ0) is 22.0. The molecule has 31 heavy (non-hydrogen) atoms. The Bertz CT molecular complexity index is 1180. The number of thiophene rings is 1. The summed E-state index contributed by atoms with van der Waals surface area (Å²) in [6.07, 6.45) is 3.47. The second kappa shape index (κ2) is 8.77. The molecule has 4 aromatic rings. The Hall–Kier alpha value is -3.39. The van der Waals surface area contributed by atoms with Gasteiger partial charge >= 0.3 is 0 Å². The summed E-state index contributed by atoms with van der Waals surface area (Å²) in [6.45, 7) is 4.32. The van der Waals surface area contributed by atoms with E-state index in [4.69, 9.17) is 9.47 Å². The Labute approximate surface area is 184 Å². The molecule has 3 heterocycles. The Balaban J connectivity index is 1.46. The van der Waals surface area contributed by atoms with Gasteiger partial charge in [-0.2, -0.15) is 5.10 Å². The van der Waals surface area contributed by atoms with Gasteiger partial charge in [0.25, 0.3) is 5.91 Å². The van der Waals surface area contributed by atoms with Crippen molar-refractivity contribution in [2.24, 2.45) is 7.05 Å². The number of nitrogens with one attached hydrogen (secondary N) is 1. The van der Waals surface area contributed by atoms with Gasteiger partial charge in [-0.1, -0.05) is 6.07 Å². The molecule has 1 amide bonds. The topological polar surface area (TPSA) is 78.3 Å². The number of carbonyl (C=O) groups excluding carboxylic acids is 1. The summed E-state index contributed by atoms with van der Waals surface area (Å²) in [5, 5.41) is 8.47. The van der Waals surface area contributed by atoms with Crippen molar-refractivity contribution in [2.75, 3.05) is 7.11 Å². The maximum Gasteiger partial charge on any atom is 0.261 e. The average molecular weight is 437 g/mol. The molecule has 0 radical (unpaired) electrons. The van der Waals surface area contributed by atoms with Crippen molar-refractivity contribution in [2.45, 2.75) is 26.5 Å². The molecule has 1 unspecified atom stereocenters. The first kappa shape index (κ1) is 20.9. The number of ether oxygens (including phenoxy) is 2. The number of fused-ring (bicyclic) bond motifs is 1. The Morgan fingerprint density at radius 2 is 1.97 bits per heavy atom. The van der Waals surface area contributed by atoms with E-state index in [0.29, 0.717) is 23.0 Å². The highest BCUT2D eigenvalue weighted by atomic mass is 32.1. The number of hydrogen-bond donors (Lipinski definition) is 1. The van der Waals surface area contributed by atoms with Crippen LogP contribution in [-0.2, 0) is 13.7 Å². The Kier molecular flexibility index (Phi) is 5.90. The number of rotatable bonds is 7. The fraction of sp³-hybridized carbons (Fsp3) is 0.261. The maximum atomic E-state index is 12.8. The lowest BCUT2D eigenvalue weighted by atomic mass is 10.1. The highest BCUT2D eigenvalue weighted by Crippen LogP contribution is 2.32. The molecule has 0 aliphatic heterocycles. The molecule has 0 saturated carbocycles. The lowest BCUT2D eigenvalue weighted by Crippen LogP contribution is -2.25. The molecule has 0 saturated heterocycles. The molecule has 3 aromatic heterocycles. The van der Waals surface area contributed by atoms with Crippen LogP contribution in [-0.4, -0.2) is 27.8 Å². The van der Waals surface area contributed by atoms with E-state index in [2.05, 4.69) is 15.4 Å². The van der Waals surface area contributed by atoms with Gasteiger partial charge in [-0.3, -0.25) is 14.5 Å². The smallest absolute Gasteiger partial charge is 0.261 e. The third-order valence-electron chi connectivity index (χ3n) is 5.10. The first-order valence-electron chi connectivity index (χ1n) is 9.90. The summed E-state index contributed by atoms with van der Waals surface area (Å²) >= 11 is 1.44. The number of methoxy groups -OCH3 is 1. The zero-order valence-corrected chi connectivity index (χ0v) is 18.7. The molecule has 7 nitrogen and oxygen atoms in total. The van der Waals surface area contributed by atoms with Crippen LogP contribution in [0.25, 0.3) is 10.2 Å². The summed E-state index contributed by atoms with van der Waals surface area (Å²) < 4.78 is 13.2. The number of hydrogen-bond acceptors (Lipinski definition) is 6. The van der Waals surface area contributed by atoms with E-state index < -0.39 is 0 Å². The minimum Gasteiger partial charge on any atom is -0.493 e. The first-order valence-corrected chi connectivity index (χ1v) is 10.7. The predicted octanol–water partition coefficient (Wildman–Crippen LogP) is 4.42. The highest BCUT2D eigenvalue weighted by Gasteiger charge is 2.18. The molecule has 8 heteroatoms. The van der Waals surface area contributed by atoms with Crippen molar-refractivity contribution in [3.63, 3.8) is 0 Å². The van der Waals surface area contributed by atoms with Crippen LogP contribution in [0.2, 0.25) is 0 Å². The van der Waals surface area contributed by atoms with E-state index in [1.165, 1.54) is 11.3 Å². The molecule has 0 aliphatic rings. The SMILES string of the molecule is COc1cc(C(C)NC(=O)c2cc3c(C)nn(C)c3s2)ccc1OCc1ccncc1. The van der Waals surface area contributed by atoms with Crippen molar-refractivity contribution in [3.05, 3.63) is 70.5 Å². The zero-order valence-electron chi connectivity index (χ0n) is 17.9. The first-order chi connectivity index (χ1) is 15.0. The minimum atomic E-state index is -0.194. The molecular formula is C23H24N4O3S. The maximum absolute atomic E-state index is 12.8. The van der Waals surface area contributed by atoms with Gasteiger partial charge < -0.3 is 14.8 Å².